The van der Waals surface area contributed by atoms with Crippen LogP contribution in [0.2, 0.25) is 0 Å². The van der Waals surface area contributed by atoms with Crippen molar-refractivity contribution in [3.8, 4) is 17.0 Å². The number of nitrogens with one attached hydrogen (secondary N) is 1. The van der Waals surface area contributed by atoms with Gasteiger partial charge in [0.25, 0.3) is 0 Å². The Morgan fingerprint density at radius 2 is 1.83 bits per heavy atom. The molecular formula is C29H28F3N3O6. The van der Waals surface area contributed by atoms with E-state index in [0.29, 0.717) is 49.8 Å². The molecule has 41 heavy (non-hydrogen) atoms. The minimum absolute atomic E-state index is 0.0394. The smallest absolute Gasteiger partial charge is 0.422 e. The number of benzene rings is 2. The highest BCUT2D eigenvalue weighted by atomic mass is 19.4. The van der Waals surface area contributed by atoms with E-state index in [1.54, 1.807) is 30.3 Å². The Morgan fingerprint density at radius 3 is 2.54 bits per heavy atom. The van der Waals surface area contributed by atoms with Gasteiger partial charge in [-0.2, -0.15) is 13.2 Å². The molecule has 3 aromatic rings. The third-order valence-electron chi connectivity index (χ3n) is 7.84. The Bertz CT molecular complexity index is 1500. The van der Waals surface area contributed by atoms with E-state index in [4.69, 9.17) is 28.3 Å². The van der Waals surface area contributed by atoms with Gasteiger partial charge in [0, 0.05) is 24.2 Å². The molecule has 5 heterocycles. The number of hydrogen-bond donors (Lipinski definition) is 1. The van der Waals surface area contributed by atoms with Crippen molar-refractivity contribution in [2.45, 2.75) is 37.6 Å². The summed E-state index contributed by atoms with van der Waals surface area (Å²) < 4.78 is 72.7. The van der Waals surface area contributed by atoms with Crippen molar-refractivity contribution >= 4 is 5.70 Å². The number of hydroxylamine groups is 1. The van der Waals surface area contributed by atoms with E-state index in [2.05, 4.69) is 10.6 Å². The van der Waals surface area contributed by atoms with Crippen molar-refractivity contribution in [1.82, 2.24) is 15.5 Å². The summed E-state index contributed by atoms with van der Waals surface area (Å²) in [5.41, 5.74) is 2.58. The lowest BCUT2D eigenvalue weighted by Gasteiger charge is -2.45. The van der Waals surface area contributed by atoms with Gasteiger partial charge in [-0.3, -0.25) is 10.4 Å². The fraction of sp³-hybridized carbons (Fsp3) is 0.414. The summed E-state index contributed by atoms with van der Waals surface area (Å²) in [5, 5.41) is 3.86. The predicted molar refractivity (Wildman–Crippen MR) is 138 cm³/mol. The van der Waals surface area contributed by atoms with Crippen LogP contribution in [0.4, 0.5) is 13.2 Å². The maximum Gasteiger partial charge on any atom is 0.422 e. The molecule has 1 aromatic heterocycles. The van der Waals surface area contributed by atoms with Gasteiger partial charge >= 0.3 is 6.18 Å². The van der Waals surface area contributed by atoms with Crippen LogP contribution >= 0.6 is 0 Å². The van der Waals surface area contributed by atoms with E-state index in [0.717, 1.165) is 5.56 Å². The van der Waals surface area contributed by atoms with Gasteiger partial charge in [0.05, 0.1) is 25.4 Å². The van der Waals surface area contributed by atoms with Crippen molar-refractivity contribution in [3.63, 3.8) is 0 Å². The van der Waals surface area contributed by atoms with E-state index < -0.39 is 29.0 Å². The van der Waals surface area contributed by atoms with E-state index >= 15 is 0 Å². The zero-order valence-corrected chi connectivity index (χ0v) is 22.4. The minimum atomic E-state index is -4.75. The summed E-state index contributed by atoms with van der Waals surface area (Å²) in [6.45, 7) is 5.93. The second-order valence-corrected chi connectivity index (χ2v) is 10.8. The van der Waals surface area contributed by atoms with Crippen LogP contribution in [0, 0.1) is 0 Å². The number of ether oxygens (including phenoxy) is 4. The van der Waals surface area contributed by atoms with Crippen LogP contribution < -0.4 is 10.2 Å². The lowest BCUT2D eigenvalue weighted by molar-refractivity contribution is -0.179. The monoisotopic (exact) mass is 571 g/mol. The molecule has 9 nitrogen and oxygen atoms in total. The first-order valence-corrected chi connectivity index (χ1v) is 13.4. The van der Waals surface area contributed by atoms with Crippen molar-refractivity contribution < 1.29 is 41.5 Å². The molecule has 0 radical (unpaired) electrons. The Labute approximate surface area is 233 Å². The minimum Gasteiger partial charge on any atom is -0.488 e. The molecule has 0 aliphatic carbocycles. The highest BCUT2D eigenvalue weighted by Gasteiger charge is 2.56. The first kappa shape index (κ1) is 26.5. The molecule has 2 atom stereocenters. The standard InChI is InChI=1S/C29H28F3N3O6/c1-27(2)38-16-22(39-27)18-8-9-19-21(14-18)37-15-20-25(34-41-28(19,20)35-10-12-36-13-11-35)26-23(29(30,31)32)24(33-40-26)17-6-4-3-5-7-17/h3-9,14,22,34H,10-13,15-16H2,1-2H3. The third kappa shape index (κ3) is 4.32. The number of morpholine rings is 1. The van der Waals surface area contributed by atoms with Crippen molar-refractivity contribution in [1.29, 1.82) is 0 Å². The highest BCUT2D eigenvalue weighted by Crippen LogP contribution is 2.53. The van der Waals surface area contributed by atoms with Crippen LogP contribution in [0.3, 0.4) is 0 Å². The zero-order chi connectivity index (χ0) is 28.4. The third-order valence-corrected chi connectivity index (χ3v) is 7.84. The fourth-order valence-corrected chi connectivity index (χ4v) is 5.95. The largest absolute Gasteiger partial charge is 0.488 e. The van der Waals surface area contributed by atoms with Gasteiger partial charge in [-0.1, -0.05) is 47.6 Å². The van der Waals surface area contributed by atoms with Crippen LogP contribution in [-0.4, -0.2) is 55.4 Å². The lowest BCUT2D eigenvalue weighted by Crippen LogP contribution is -2.55. The van der Waals surface area contributed by atoms with Gasteiger partial charge in [-0.25, -0.2) is 4.84 Å². The molecule has 4 aliphatic heterocycles. The van der Waals surface area contributed by atoms with Gasteiger partial charge in [0.15, 0.2) is 11.5 Å². The molecular weight excluding hydrogens is 543 g/mol. The van der Waals surface area contributed by atoms with Gasteiger partial charge < -0.3 is 23.5 Å². The van der Waals surface area contributed by atoms with Crippen molar-refractivity contribution in [3.05, 3.63) is 76.6 Å². The molecule has 0 amide bonds. The van der Waals surface area contributed by atoms with Crippen LogP contribution in [0.25, 0.3) is 17.0 Å². The quantitative estimate of drug-likeness (QED) is 0.465. The highest BCUT2D eigenvalue weighted by molar-refractivity contribution is 5.76. The normalized spacial score (nSPS) is 25.9. The molecule has 0 saturated carbocycles. The first-order chi connectivity index (χ1) is 19.7. The van der Waals surface area contributed by atoms with Gasteiger partial charge in [-0.15, -0.1) is 0 Å². The summed E-state index contributed by atoms with van der Waals surface area (Å²) in [6, 6.07) is 13.8. The topological polar surface area (TPSA) is 87.5 Å². The molecule has 1 N–H and O–H groups in total. The van der Waals surface area contributed by atoms with Crippen molar-refractivity contribution in [2.75, 3.05) is 39.5 Å². The number of alkyl halides is 3. The van der Waals surface area contributed by atoms with E-state index in [1.165, 1.54) is 0 Å². The number of halogens is 3. The molecule has 0 spiro atoms. The second kappa shape index (κ2) is 9.57. The number of fused-ring (bicyclic) bond motifs is 3. The lowest BCUT2D eigenvalue weighted by atomic mass is 9.87. The van der Waals surface area contributed by atoms with Crippen molar-refractivity contribution in [2.24, 2.45) is 0 Å². The molecule has 4 aliphatic rings. The maximum atomic E-state index is 14.6. The maximum absolute atomic E-state index is 14.6. The number of rotatable bonds is 4. The van der Waals surface area contributed by atoms with Crippen LogP contribution in [0.1, 0.15) is 42.4 Å². The number of hydrogen-bond acceptors (Lipinski definition) is 9. The van der Waals surface area contributed by atoms with E-state index in [-0.39, 0.29) is 29.7 Å². The first-order valence-electron chi connectivity index (χ1n) is 13.4. The van der Waals surface area contributed by atoms with E-state index in [1.807, 2.05) is 36.9 Å². The van der Waals surface area contributed by atoms with Gasteiger partial charge in [-0.05, 0) is 25.5 Å². The molecule has 2 unspecified atom stereocenters. The summed E-state index contributed by atoms with van der Waals surface area (Å²) in [4.78, 5) is 8.36. The van der Waals surface area contributed by atoms with Gasteiger partial charge in [0.2, 0.25) is 5.72 Å². The Morgan fingerprint density at radius 1 is 1.05 bits per heavy atom. The van der Waals surface area contributed by atoms with Crippen LogP contribution in [-0.2, 0) is 30.9 Å². The molecule has 2 fully saturated rings. The van der Waals surface area contributed by atoms with E-state index in [9.17, 15) is 13.2 Å². The Balaban J connectivity index is 1.36. The number of nitrogens with zero attached hydrogens (tertiary/aromatic N) is 2. The summed E-state index contributed by atoms with van der Waals surface area (Å²) in [5.74, 6) is -0.609. The average Bonchev–Trinajstić information content (AvgIpc) is 3.68. The van der Waals surface area contributed by atoms with Crippen LogP contribution in [0.15, 0.2) is 58.6 Å². The summed E-state index contributed by atoms with van der Waals surface area (Å²) in [7, 11) is 0. The predicted octanol–water partition coefficient (Wildman–Crippen LogP) is 5.01. The average molecular weight is 572 g/mol. The summed E-state index contributed by atoms with van der Waals surface area (Å²) in [6.07, 6.45) is -5.03. The molecule has 2 saturated heterocycles. The molecule has 12 heteroatoms. The molecule has 0 bridgehead atoms. The second-order valence-electron chi connectivity index (χ2n) is 10.8. The Kier molecular flexibility index (Phi) is 6.18. The number of aromatic nitrogens is 1. The molecule has 216 valence electrons. The SMILES string of the molecule is CC1(C)OCC(c2ccc3c(c2)OCC2=C(c4onc(-c5ccccc5)c4C(F)(F)F)NOC23N2CCOCC2)O1. The molecule has 7 rings (SSSR count). The fourth-order valence-electron chi connectivity index (χ4n) is 5.95. The Hall–Kier alpha value is -3.42. The van der Waals surface area contributed by atoms with Crippen LogP contribution in [0.5, 0.6) is 5.75 Å². The zero-order valence-electron chi connectivity index (χ0n) is 22.4. The summed E-state index contributed by atoms with van der Waals surface area (Å²) >= 11 is 0. The molecule has 2 aromatic carbocycles. The van der Waals surface area contributed by atoms with Gasteiger partial charge in [0.1, 0.15) is 35.4 Å².